The van der Waals surface area contributed by atoms with E-state index in [2.05, 4.69) is 5.32 Å². The zero-order chi connectivity index (χ0) is 24.4. The second-order valence-electron chi connectivity index (χ2n) is 7.15. The van der Waals surface area contributed by atoms with Gasteiger partial charge in [0.2, 0.25) is 0 Å². The molecule has 10 heteroatoms. The lowest BCUT2D eigenvalue weighted by Gasteiger charge is -2.26. The summed E-state index contributed by atoms with van der Waals surface area (Å²) in [6.07, 6.45) is 1.38. The maximum absolute atomic E-state index is 13.0. The molecule has 1 fully saturated rings. The highest BCUT2D eigenvalue weighted by molar-refractivity contribution is 6.43. The molecule has 0 bridgehead atoms. The molecule has 3 aromatic carbocycles. The molecule has 0 radical (unpaired) electrons. The van der Waals surface area contributed by atoms with Crippen LogP contribution in [-0.4, -0.2) is 17.8 Å². The Balaban J connectivity index is 1.52. The summed E-state index contributed by atoms with van der Waals surface area (Å²) >= 11 is 24.0. The number of hydrogen-bond donors (Lipinski definition) is 1. The number of ether oxygens (including phenoxy) is 1. The van der Waals surface area contributed by atoms with Crippen molar-refractivity contribution in [2.45, 2.75) is 6.61 Å². The molecular weight excluding hydrogens is 522 g/mol. The van der Waals surface area contributed by atoms with E-state index in [0.717, 1.165) is 10.5 Å². The number of barbiturate groups is 1. The quantitative estimate of drug-likeness (QED) is 0.297. The Morgan fingerprint density at radius 3 is 2.24 bits per heavy atom. The number of nitrogens with one attached hydrogen (secondary N) is 1. The summed E-state index contributed by atoms with van der Waals surface area (Å²) in [6.45, 7) is 0.234. The number of hydrogen-bond acceptors (Lipinski definition) is 4. The van der Waals surface area contributed by atoms with Crippen LogP contribution < -0.4 is 15.0 Å². The van der Waals surface area contributed by atoms with E-state index in [-0.39, 0.29) is 27.9 Å². The van der Waals surface area contributed by atoms with Crippen molar-refractivity contribution in [3.05, 3.63) is 97.5 Å². The average molecular weight is 536 g/mol. The van der Waals surface area contributed by atoms with Crippen molar-refractivity contribution < 1.29 is 19.1 Å². The molecule has 172 valence electrons. The molecule has 4 amide bonds. The molecule has 1 aliphatic heterocycles. The molecule has 0 unspecified atom stereocenters. The summed E-state index contributed by atoms with van der Waals surface area (Å²) in [7, 11) is 0. The predicted molar refractivity (Wildman–Crippen MR) is 133 cm³/mol. The molecule has 0 aliphatic carbocycles. The Hall–Kier alpha value is -3.03. The lowest BCUT2D eigenvalue weighted by atomic mass is 10.1. The van der Waals surface area contributed by atoms with Gasteiger partial charge in [-0.15, -0.1) is 0 Å². The van der Waals surface area contributed by atoms with Crippen LogP contribution >= 0.6 is 46.4 Å². The minimum absolute atomic E-state index is 0.165. The van der Waals surface area contributed by atoms with E-state index in [9.17, 15) is 14.4 Å². The van der Waals surface area contributed by atoms with Crippen LogP contribution in [0.15, 0.2) is 66.2 Å². The second-order valence-corrected chi connectivity index (χ2v) is 8.81. The van der Waals surface area contributed by atoms with E-state index in [1.54, 1.807) is 42.5 Å². The van der Waals surface area contributed by atoms with Crippen LogP contribution in [0.1, 0.15) is 11.1 Å². The lowest BCUT2D eigenvalue weighted by Crippen LogP contribution is -2.54. The van der Waals surface area contributed by atoms with Gasteiger partial charge in [0.1, 0.15) is 17.9 Å². The molecule has 34 heavy (non-hydrogen) atoms. The first-order valence-electron chi connectivity index (χ1n) is 9.76. The van der Waals surface area contributed by atoms with Crippen molar-refractivity contribution in [2.24, 2.45) is 0 Å². The molecule has 4 rings (SSSR count). The number of anilines is 1. The fraction of sp³-hybridized carbons (Fsp3) is 0.0417. The average Bonchev–Trinajstić information content (AvgIpc) is 2.79. The summed E-state index contributed by atoms with van der Waals surface area (Å²) in [5.74, 6) is -1.03. The smallest absolute Gasteiger partial charge is 0.335 e. The van der Waals surface area contributed by atoms with E-state index in [0.29, 0.717) is 21.4 Å². The molecule has 0 atom stereocenters. The molecule has 6 nitrogen and oxygen atoms in total. The number of imide groups is 2. The van der Waals surface area contributed by atoms with Gasteiger partial charge in [0.15, 0.2) is 0 Å². The van der Waals surface area contributed by atoms with Gasteiger partial charge in [-0.25, -0.2) is 9.69 Å². The van der Waals surface area contributed by atoms with Crippen LogP contribution in [0.2, 0.25) is 20.1 Å². The molecule has 1 aliphatic rings. The van der Waals surface area contributed by atoms with Crippen LogP contribution in [0, 0.1) is 0 Å². The lowest BCUT2D eigenvalue weighted by molar-refractivity contribution is -0.122. The van der Waals surface area contributed by atoms with Crippen LogP contribution in [0.4, 0.5) is 10.5 Å². The van der Waals surface area contributed by atoms with Gasteiger partial charge in [0.25, 0.3) is 11.8 Å². The summed E-state index contributed by atoms with van der Waals surface area (Å²) < 4.78 is 5.74. The van der Waals surface area contributed by atoms with Crippen molar-refractivity contribution in [1.82, 2.24) is 5.32 Å². The topological polar surface area (TPSA) is 75.7 Å². The molecule has 0 spiro atoms. The fourth-order valence-electron chi connectivity index (χ4n) is 3.14. The molecule has 0 aromatic heterocycles. The number of amides is 4. The standard InChI is InChI=1S/C24H14Cl4N2O4/c25-15-4-3-14(20(27)10-15)12-34-17-6-1-13(2-7-17)9-18-22(31)29-24(33)30(23(18)32)16-5-8-19(26)21(28)11-16/h1-11H,12H2,(H,29,31,33)/b18-9+. The van der Waals surface area contributed by atoms with Gasteiger partial charge in [-0.1, -0.05) is 64.6 Å². The van der Waals surface area contributed by atoms with Gasteiger partial charge in [-0.05, 0) is 54.1 Å². The summed E-state index contributed by atoms with van der Waals surface area (Å²) in [6, 6.07) is 15.2. The highest BCUT2D eigenvalue weighted by Crippen LogP contribution is 2.30. The van der Waals surface area contributed by atoms with E-state index < -0.39 is 17.8 Å². The number of benzene rings is 3. The van der Waals surface area contributed by atoms with Gasteiger partial charge in [0.05, 0.1) is 15.7 Å². The van der Waals surface area contributed by atoms with E-state index in [1.165, 1.54) is 24.3 Å². The molecular formula is C24H14Cl4N2O4. The van der Waals surface area contributed by atoms with Crippen LogP contribution in [-0.2, 0) is 16.2 Å². The van der Waals surface area contributed by atoms with Gasteiger partial charge in [-0.3, -0.25) is 14.9 Å². The number of halogens is 4. The van der Waals surface area contributed by atoms with Crippen molar-refractivity contribution in [2.75, 3.05) is 4.90 Å². The zero-order valence-corrected chi connectivity index (χ0v) is 20.2. The maximum Gasteiger partial charge on any atom is 0.335 e. The van der Waals surface area contributed by atoms with Gasteiger partial charge in [0, 0.05) is 15.6 Å². The van der Waals surface area contributed by atoms with Crippen LogP contribution in [0.25, 0.3) is 6.08 Å². The monoisotopic (exact) mass is 534 g/mol. The number of rotatable bonds is 5. The minimum atomic E-state index is -0.879. The Kier molecular flexibility index (Phi) is 7.14. The zero-order valence-electron chi connectivity index (χ0n) is 17.2. The Morgan fingerprint density at radius 2 is 1.56 bits per heavy atom. The Labute approximate surface area is 214 Å². The van der Waals surface area contributed by atoms with E-state index in [4.69, 9.17) is 51.1 Å². The fourth-order valence-corrected chi connectivity index (χ4v) is 3.90. The Bertz CT molecular complexity index is 1340. The first kappa shape index (κ1) is 24.1. The summed E-state index contributed by atoms with van der Waals surface area (Å²) in [5, 5.41) is 3.62. The van der Waals surface area contributed by atoms with Crippen molar-refractivity contribution in [3.63, 3.8) is 0 Å². The maximum atomic E-state index is 13.0. The molecule has 1 heterocycles. The van der Waals surface area contributed by atoms with E-state index in [1.807, 2.05) is 0 Å². The number of urea groups is 1. The third kappa shape index (κ3) is 5.21. The second kappa shape index (κ2) is 10.1. The highest BCUT2D eigenvalue weighted by Gasteiger charge is 2.37. The molecule has 0 saturated carbocycles. The van der Waals surface area contributed by atoms with E-state index >= 15 is 0 Å². The van der Waals surface area contributed by atoms with Crippen LogP contribution in [0.5, 0.6) is 5.75 Å². The first-order chi connectivity index (χ1) is 16.2. The molecule has 1 saturated heterocycles. The summed E-state index contributed by atoms with van der Waals surface area (Å²) in [4.78, 5) is 38.5. The molecule has 1 N–H and O–H groups in total. The largest absolute Gasteiger partial charge is 0.489 e. The number of nitrogens with zero attached hydrogens (tertiary/aromatic N) is 1. The predicted octanol–water partition coefficient (Wildman–Crippen LogP) is 6.55. The number of carbonyl (C=O) groups is 3. The van der Waals surface area contributed by atoms with Crippen LogP contribution in [0.3, 0.4) is 0 Å². The molecule has 3 aromatic rings. The van der Waals surface area contributed by atoms with Crippen molar-refractivity contribution >= 4 is 76.0 Å². The third-order valence-corrected chi connectivity index (χ3v) is 6.19. The third-order valence-electron chi connectivity index (χ3n) is 4.86. The van der Waals surface area contributed by atoms with Gasteiger partial charge in [-0.2, -0.15) is 0 Å². The first-order valence-corrected chi connectivity index (χ1v) is 11.3. The SMILES string of the molecule is O=C1NC(=O)N(c2ccc(Cl)c(Cl)c2)C(=O)/C1=C/c1ccc(OCc2ccc(Cl)cc2Cl)cc1. The number of carbonyl (C=O) groups excluding carboxylic acids is 3. The minimum Gasteiger partial charge on any atom is -0.489 e. The Morgan fingerprint density at radius 1 is 0.824 bits per heavy atom. The normalized spacial score (nSPS) is 15.0. The van der Waals surface area contributed by atoms with Crippen molar-refractivity contribution in [1.29, 1.82) is 0 Å². The van der Waals surface area contributed by atoms with Gasteiger partial charge < -0.3 is 4.74 Å². The summed E-state index contributed by atoms with van der Waals surface area (Å²) in [5.41, 5.74) is 1.29. The highest BCUT2D eigenvalue weighted by atomic mass is 35.5. The van der Waals surface area contributed by atoms with Crippen molar-refractivity contribution in [3.8, 4) is 5.75 Å². The van der Waals surface area contributed by atoms with Gasteiger partial charge >= 0.3 is 6.03 Å².